The second kappa shape index (κ2) is 8.61. The maximum atomic E-state index is 12.8. The fourth-order valence-electron chi connectivity index (χ4n) is 3.72. The Kier molecular flexibility index (Phi) is 5.76. The zero-order chi connectivity index (χ0) is 19.3. The summed E-state index contributed by atoms with van der Waals surface area (Å²) in [5, 5.41) is 0. The molecule has 0 aliphatic carbocycles. The number of carbonyl (C=O) groups excluding carboxylic acids is 1. The van der Waals surface area contributed by atoms with Crippen molar-refractivity contribution in [1.29, 1.82) is 0 Å². The lowest BCUT2D eigenvalue weighted by molar-refractivity contribution is 0.0237. The Hall–Kier alpha value is -2.60. The molecule has 2 fully saturated rings. The van der Waals surface area contributed by atoms with Gasteiger partial charge in [0.05, 0.1) is 18.8 Å². The third-order valence-electron chi connectivity index (χ3n) is 5.37. The second-order valence-electron chi connectivity index (χ2n) is 7.43. The molecule has 6 nitrogen and oxygen atoms in total. The van der Waals surface area contributed by atoms with Gasteiger partial charge in [0.1, 0.15) is 6.10 Å². The topological polar surface area (TPSA) is 54.9 Å². The van der Waals surface area contributed by atoms with Crippen LogP contribution in [0.5, 0.6) is 5.88 Å². The van der Waals surface area contributed by atoms with Crippen molar-refractivity contribution in [3.8, 4) is 5.88 Å². The Morgan fingerprint density at radius 3 is 2.57 bits per heavy atom. The zero-order valence-corrected chi connectivity index (χ0v) is 16.3. The summed E-state index contributed by atoms with van der Waals surface area (Å²) < 4.78 is 11.2. The third kappa shape index (κ3) is 4.44. The molecule has 148 valence electrons. The quantitative estimate of drug-likeness (QED) is 0.815. The van der Waals surface area contributed by atoms with Crippen molar-refractivity contribution in [3.05, 3.63) is 53.7 Å². The maximum absolute atomic E-state index is 12.8. The van der Waals surface area contributed by atoms with E-state index in [-0.39, 0.29) is 12.0 Å². The van der Waals surface area contributed by atoms with Crippen LogP contribution in [0.2, 0.25) is 0 Å². The Balaban J connectivity index is 1.32. The average Bonchev–Trinajstić information content (AvgIpc) is 2.75. The molecule has 0 unspecified atom stereocenters. The highest BCUT2D eigenvalue weighted by atomic mass is 16.5. The number of aromatic nitrogens is 1. The number of benzene rings is 1. The van der Waals surface area contributed by atoms with Crippen LogP contribution in [0, 0.1) is 6.92 Å². The lowest BCUT2D eigenvalue weighted by Gasteiger charge is -2.36. The summed E-state index contributed by atoms with van der Waals surface area (Å²) >= 11 is 0. The van der Waals surface area contributed by atoms with Crippen LogP contribution in [-0.4, -0.2) is 61.3 Å². The highest BCUT2D eigenvalue weighted by Crippen LogP contribution is 2.20. The van der Waals surface area contributed by atoms with Gasteiger partial charge >= 0.3 is 0 Å². The Labute approximate surface area is 166 Å². The largest absolute Gasteiger partial charge is 0.474 e. The van der Waals surface area contributed by atoms with E-state index >= 15 is 0 Å². The van der Waals surface area contributed by atoms with E-state index in [9.17, 15) is 4.79 Å². The smallest absolute Gasteiger partial charge is 0.255 e. The number of pyridine rings is 1. The second-order valence-corrected chi connectivity index (χ2v) is 7.43. The predicted molar refractivity (Wildman–Crippen MR) is 108 cm³/mol. The summed E-state index contributed by atoms with van der Waals surface area (Å²) in [6, 6.07) is 12.1. The summed E-state index contributed by atoms with van der Waals surface area (Å²) in [6.45, 7) is 6.68. The highest BCUT2D eigenvalue weighted by Gasteiger charge is 2.23. The normalized spacial score (nSPS) is 18.2. The molecule has 2 aliphatic heterocycles. The van der Waals surface area contributed by atoms with Crippen molar-refractivity contribution in [3.63, 3.8) is 0 Å². The Morgan fingerprint density at radius 2 is 1.89 bits per heavy atom. The van der Waals surface area contributed by atoms with Crippen molar-refractivity contribution in [1.82, 2.24) is 9.88 Å². The number of piperazine rings is 1. The molecular formula is C22H27N3O3. The van der Waals surface area contributed by atoms with Gasteiger partial charge in [0.2, 0.25) is 5.88 Å². The number of carbonyl (C=O) groups is 1. The highest BCUT2D eigenvalue weighted by molar-refractivity contribution is 5.94. The molecule has 0 bridgehead atoms. The lowest BCUT2D eigenvalue weighted by Crippen LogP contribution is -2.48. The number of rotatable bonds is 4. The van der Waals surface area contributed by atoms with Crippen molar-refractivity contribution in [2.45, 2.75) is 25.9 Å². The molecule has 0 radical (unpaired) electrons. The molecule has 6 heteroatoms. The number of hydrogen-bond acceptors (Lipinski definition) is 5. The van der Waals surface area contributed by atoms with E-state index in [0.29, 0.717) is 24.5 Å². The fourth-order valence-corrected chi connectivity index (χ4v) is 3.72. The van der Waals surface area contributed by atoms with Crippen molar-refractivity contribution < 1.29 is 14.3 Å². The van der Waals surface area contributed by atoms with Gasteiger partial charge < -0.3 is 19.3 Å². The van der Waals surface area contributed by atoms with Gasteiger partial charge in [-0.2, -0.15) is 0 Å². The molecule has 28 heavy (non-hydrogen) atoms. The van der Waals surface area contributed by atoms with Gasteiger partial charge in [-0.1, -0.05) is 12.1 Å². The SMILES string of the molecule is Cc1cccc(N2CCN(C(=O)c3ccc(OC4CCOCC4)nc3)CC2)c1. The first-order valence-corrected chi connectivity index (χ1v) is 10.0. The number of hydrogen-bond donors (Lipinski definition) is 0. The first-order chi connectivity index (χ1) is 13.7. The van der Waals surface area contributed by atoms with Gasteiger partial charge in [-0.05, 0) is 30.7 Å². The van der Waals surface area contributed by atoms with Gasteiger partial charge in [0.15, 0.2) is 0 Å². The van der Waals surface area contributed by atoms with E-state index in [4.69, 9.17) is 9.47 Å². The Morgan fingerprint density at radius 1 is 1.11 bits per heavy atom. The van der Waals surface area contributed by atoms with Gasteiger partial charge in [-0.3, -0.25) is 4.79 Å². The molecule has 2 aliphatic rings. The van der Waals surface area contributed by atoms with Crippen LogP contribution in [0.15, 0.2) is 42.6 Å². The number of nitrogens with zero attached hydrogens (tertiary/aromatic N) is 3. The molecule has 0 N–H and O–H groups in total. The third-order valence-corrected chi connectivity index (χ3v) is 5.37. The minimum atomic E-state index is 0.0361. The van der Waals surface area contributed by atoms with E-state index in [1.165, 1.54) is 11.3 Å². The number of ether oxygens (including phenoxy) is 2. The molecule has 1 aromatic carbocycles. The van der Waals surface area contributed by atoms with Crippen LogP contribution >= 0.6 is 0 Å². The molecule has 4 rings (SSSR count). The van der Waals surface area contributed by atoms with Crippen molar-refractivity contribution in [2.24, 2.45) is 0 Å². The first-order valence-electron chi connectivity index (χ1n) is 10.0. The molecule has 0 saturated carbocycles. The van der Waals surface area contributed by atoms with Crippen LogP contribution in [0.25, 0.3) is 0 Å². The average molecular weight is 381 g/mol. The van der Waals surface area contributed by atoms with Gasteiger partial charge in [0.25, 0.3) is 5.91 Å². The number of amides is 1. The fraction of sp³-hybridized carbons (Fsp3) is 0.455. The molecule has 3 heterocycles. The monoisotopic (exact) mass is 381 g/mol. The molecule has 2 aromatic rings. The van der Waals surface area contributed by atoms with Gasteiger partial charge in [0, 0.05) is 57.0 Å². The van der Waals surface area contributed by atoms with Crippen LogP contribution in [0.3, 0.4) is 0 Å². The standard InChI is InChI=1S/C22H27N3O3/c1-17-3-2-4-19(15-17)24-9-11-25(12-10-24)22(26)18-5-6-21(23-16-18)28-20-7-13-27-14-8-20/h2-6,15-16,20H,7-14H2,1H3. The molecule has 1 aromatic heterocycles. The minimum Gasteiger partial charge on any atom is -0.474 e. The Bertz CT molecular complexity index is 795. The predicted octanol–water partition coefficient (Wildman–Crippen LogP) is 2.91. The molecule has 0 spiro atoms. The number of anilines is 1. The number of aryl methyl sites for hydroxylation is 1. The van der Waals surface area contributed by atoms with Gasteiger partial charge in [-0.25, -0.2) is 4.98 Å². The molecule has 0 atom stereocenters. The van der Waals surface area contributed by atoms with Crippen LogP contribution in [0.1, 0.15) is 28.8 Å². The molecule has 1 amide bonds. The van der Waals surface area contributed by atoms with Crippen molar-refractivity contribution >= 4 is 11.6 Å². The lowest BCUT2D eigenvalue weighted by atomic mass is 10.1. The summed E-state index contributed by atoms with van der Waals surface area (Å²) in [7, 11) is 0. The van der Waals surface area contributed by atoms with E-state index in [0.717, 1.165) is 39.1 Å². The summed E-state index contributed by atoms with van der Waals surface area (Å²) in [4.78, 5) is 21.4. The van der Waals surface area contributed by atoms with E-state index in [1.54, 1.807) is 12.3 Å². The zero-order valence-electron chi connectivity index (χ0n) is 16.3. The van der Waals surface area contributed by atoms with Crippen LogP contribution in [0.4, 0.5) is 5.69 Å². The summed E-state index contributed by atoms with van der Waals surface area (Å²) in [5.74, 6) is 0.613. The van der Waals surface area contributed by atoms with Crippen molar-refractivity contribution in [2.75, 3.05) is 44.3 Å². The van der Waals surface area contributed by atoms with E-state index in [1.807, 2.05) is 11.0 Å². The minimum absolute atomic E-state index is 0.0361. The van der Waals surface area contributed by atoms with Crippen LogP contribution < -0.4 is 9.64 Å². The summed E-state index contributed by atoms with van der Waals surface area (Å²) in [5.41, 5.74) is 3.09. The molecule has 2 saturated heterocycles. The maximum Gasteiger partial charge on any atom is 0.255 e. The first kappa shape index (κ1) is 18.7. The van der Waals surface area contributed by atoms with E-state index < -0.39 is 0 Å². The van der Waals surface area contributed by atoms with E-state index in [2.05, 4.69) is 41.1 Å². The van der Waals surface area contributed by atoms with Crippen LogP contribution in [-0.2, 0) is 4.74 Å². The summed E-state index contributed by atoms with van der Waals surface area (Å²) in [6.07, 6.45) is 3.54. The van der Waals surface area contributed by atoms with Gasteiger partial charge in [-0.15, -0.1) is 0 Å². The molecular weight excluding hydrogens is 354 g/mol.